The van der Waals surface area contributed by atoms with Crippen molar-refractivity contribution in [2.75, 3.05) is 6.61 Å². The summed E-state index contributed by atoms with van der Waals surface area (Å²) in [7, 11) is 0. The summed E-state index contributed by atoms with van der Waals surface area (Å²) >= 11 is 0. The predicted molar refractivity (Wildman–Crippen MR) is 79.0 cm³/mol. The number of ether oxygens (including phenoxy) is 1. The van der Waals surface area contributed by atoms with Crippen LogP contribution in [-0.4, -0.2) is 33.4 Å². The molecule has 3 rings (SSSR count). The van der Waals surface area contributed by atoms with E-state index in [0.29, 0.717) is 24.8 Å². The van der Waals surface area contributed by atoms with Crippen LogP contribution in [0.2, 0.25) is 0 Å². The highest BCUT2D eigenvalue weighted by Crippen LogP contribution is 2.22. The molecule has 1 atom stereocenters. The van der Waals surface area contributed by atoms with E-state index in [1.165, 1.54) is 10.7 Å². The van der Waals surface area contributed by atoms with E-state index in [4.69, 9.17) is 4.74 Å². The third kappa shape index (κ3) is 2.68. The standard InChI is InChI=1S/C16H18FN3O2/c1-11(2)15-10-22-16(21)19(15)8-12-7-18-20(9-12)14-6-4-3-5-13(14)17/h3-7,9,11,15H,8,10H2,1-2H3/t15-/m1/s1. The molecular weight excluding hydrogens is 285 g/mol. The fraction of sp³-hybridized carbons (Fsp3) is 0.375. The minimum Gasteiger partial charge on any atom is -0.447 e. The molecule has 2 heterocycles. The molecule has 1 aliphatic heterocycles. The van der Waals surface area contributed by atoms with Crippen molar-refractivity contribution < 1.29 is 13.9 Å². The molecule has 0 N–H and O–H groups in total. The van der Waals surface area contributed by atoms with E-state index in [0.717, 1.165) is 5.56 Å². The molecule has 5 nitrogen and oxygen atoms in total. The number of nitrogens with zero attached hydrogens (tertiary/aromatic N) is 3. The van der Waals surface area contributed by atoms with E-state index in [1.807, 2.05) is 0 Å². The molecule has 2 aromatic rings. The van der Waals surface area contributed by atoms with Gasteiger partial charge in [-0.05, 0) is 18.1 Å². The van der Waals surface area contributed by atoms with Crippen molar-refractivity contribution in [1.82, 2.24) is 14.7 Å². The van der Waals surface area contributed by atoms with E-state index in [9.17, 15) is 9.18 Å². The van der Waals surface area contributed by atoms with E-state index < -0.39 is 0 Å². The van der Waals surface area contributed by atoms with Crippen molar-refractivity contribution in [3.63, 3.8) is 0 Å². The average molecular weight is 303 g/mol. The summed E-state index contributed by atoms with van der Waals surface area (Å²) in [5, 5.41) is 4.18. The van der Waals surface area contributed by atoms with Gasteiger partial charge in [-0.1, -0.05) is 26.0 Å². The zero-order chi connectivity index (χ0) is 15.7. The maximum Gasteiger partial charge on any atom is 0.410 e. The first-order valence-corrected chi connectivity index (χ1v) is 7.28. The Morgan fingerprint density at radius 1 is 1.41 bits per heavy atom. The summed E-state index contributed by atoms with van der Waals surface area (Å²) in [6, 6.07) is 6.50. The molecule has 6 heteroatoms. The number of hydrogen-bond acceptors (Lipinski definition) is 3. The van der Waals surface area contributed by atoms with E-state index in [1.54, 1.807) is 35.5 Å². The maximum absolute atomic E-state index is 13.8. The topological polar surface area (TPSA) is 47.4 Å². The largest absolute Gasteiger partial charge is 0.447 e. The molecule has 0 saturated carbocycles. The Morgan fingerprint density at radius 2 is 2.18 bits per heavy atom. The molecule has 116 valence electrons. The summed E-state index contributed by atoms with van der Waals surface area (Å²) in [4.78, 5) is 13.5. The first kappa shape index (κ1) is 14.6. The molecule has 1 aromatic heterocycles. The van der Waals surface area contributed by atoms with E-state index >= 15 is 0 Å². The van der Waals surface area contributed by atoms with Crippen LogP contribution >= 0.6 is 0 Å². The van der Waals surface area contributed by atoms with E-state index in [-0.39, 0.29) is 18.0 Å². The zero-order valence-corrected chi connectivity index (χ0v) is 12.6. The summed E-state index contributed by atoms with van der Waals surface area (Å²) in [5.74, 6) is -0.0224. The molecule has 1 fully saturated rings. The van der Waals surface area contributed by atoms with Gasteiger partial charge in [-0.2, -0.15) is 5.10 Å². The second kappa shape index (κ2) is 5.79. The fourth-order valence-electron chi connectivity index (χ4n) is 2.61. The number of hydrogen-bond donors (Lipinski definition) is 0. The Bertz CT molecular complexity index is 684. The Hall–Kier alpha value is -2.37. The number of carbonyl (C=O) groups excluding carboxylic acids is 1. The molecular formula is C16H18FN3O2. The Labute approximate surface area is 128 Å². The van der Waals surface area contributed by atoms with Crippen molar-refractivity contribution in [1.29, 1.82) is 0 Å². The number of rotatable bonds is 4. The van der Waals surface area contributed by atoms with Crippen LogP contribution in [0.4, 0.5) is 9.18 Å². The lowest BCUT2D eigenvalue weighted by Crippen LogP contribution is -2.36. The lowest BCUT2D eigenvalue weighted by Gasteiger charge is -2.23. The van der Waals surface area contributed by atoms with E-state index in [2.05, 4.69) is 18.9 Å². The van der Waals surface area contributed by atoms with Gasteiger partial charge in [0.2, 0.25) is 0 Å². The van der Waals surface area contributed by atoms with Gasteiger partial charge in [0.05, 0.1) is 18.8 Å². The molecule has 1 aliphatic rings. The lowest BCUT2D eigenvalue weighted by atomic mass is 10.0. The van der Waals surface area contributed by atoms with Crippen LogP contribution in [0.15, 0.2) is 36.7 Å². The number of halogens is 1. The number of aromatic nitrogens is 2. The van der Waals surface area contributed by atoms with Crippen molar-refractivity contribution in [3.8, 4) is 5.69 Å². The minimum atomic E-state index is -0.335. The number of cyclic esters (lactones) is 1. The zero-order valence-electron chi connectivity index (χ0n) is 12.6. The van der Waals surface area contributed by atoms with Gasteiger partial charge < -0.3 is 4.74 Å². The number of benzene rings is 1. The van der Waals surface area contributed by atoms with Crippen LogP contribution in [0.25, 0.3) is 5.69 Å². The fourth-order valence-corrected chi connectivity index (χ4v) is 2.61. The Balaban J connectivity index is 1.80. The number of para-hydroxylation sites is 1. The smallest absolute Gasteiger partial charge is 0.410 e. The third-order valence-corrected chi connectivity index (χ3v) is 3.87. The van der Waals surface area contributed by atoms with Gasteiger partial charge in [0.1, 0.15) is 18.1 Å². The summed E-state index contributed by atoms with van der Waals surface area (Å²) in [6.07, 6.45) is 3.08. The lowest BCUT2D eigenvalue weighted by molar-refractivity contribution is 0.155. The Kier molecular flexibility index (Phi) is 3.83. The van der Waals surface area contributed by atoms with Crippen LogP contribution in [0.5, 0.6) is 0 Å². The van der Waals surface area contributed by atoms with Crippen molar-refractivity contribution in [2.24, 2.45) is 5.92 Å². The molecule has 1 saturated heterocycles. The molecule has 1 aromatic carbocycles. The molecule has 0 aliphatic carbocycles. The maximum atomic E-state index is 13.8. The average Bonchev–Trinajstić information content (AvgIpc) is 3.08. The van der Waals surface area contributed by atoms with Crippen molar-refractivity contribution in [2.45, 2.75) is 26.4 Å². The molecule has 0 bridgehead atoms. The number of carbonyl (C=O) groups is 1. The van der Waals surface area contributed by atoms with Crippen LogP contribution in [0.1, 0.15) is 19.4 Å². The SMILES string of the molecule is CC(C)[C@H]1COC(=O)N1Cc1cnn(-c2ccccc2F)c1. The molecule has 0 radical (unpaired) electrons. The van der Waals surface area contributed by atoms with Crippen molar-refractivity contribution >= 4 is 6.09 Å². The highest BCUT2D eigenvalue weighted by atomic mass is 19.1. The quantitative estimate of drug-likeness (QED) is 0.872. The highest BCUT2D eigenvalue weighted by Gasteiger charge is 2.34. The van der Waals surface area contributed by atoms with Gasteiger partial charge >= 0.3 is 6.09 Å². The predicted octanol–water partition coefficient (Wildman–Crippen LogP) is 2.99. The van der Waals surface area contributed by atoms with Crippen LogP contribution in [0, 0.1) is 11.7 Å². The van der Waals surface area contributed by atoms with Gasteiger partial charge in [-0.15, -0.1) is 0 Å². The monoisotopic (exact) mass is 303 g/mol. The van der Waals surface area contributed by atoms with Crippen molar-refractivity contribution in [3.05, 3.63) is 48.0 Å². The summed E-state index contributed by atoms with van der Waals surface area (Å²) < 4.78 is 20.4. The molecule has 22 heavy (non-hydrogen) atoms. The minimum absolute atomic E-state index is 0.0595. The molecule has 1 amide bonds. The van der Waals surface area contributed by atoms with Gasteiger partial charge in [-0.3, -0.25) is 4.90 Å². The molecule has 0 unspecified atom stereocenters. The summed E-state index contributed by atoms with van der Waals surface area (Å²) in [5.41, 5.74) is 1.23. The second-order valence-electron chi connectivity index (χ2n) is 5.76. The first-order chi connectivity index (χ1) is 10.6. The van der Waals surface area contributed by atoms with Crippen LogP contribution < -0.4 is 0 Å². The highest BCUT2D eigenvalue weighted by molar-refractivity contribution is 5.70. The van der Waals surface area contributed by atoms with Gasteiger partial charge in [0, 0.05) is 11.8 Å². The third-order valence-electron chi connectivity index (χ3n) is 3.87. The Morgan fingerprint density at radius 3 is 2.91 bits per heavy atom. The number of amides is 1. The summed E-state index contributed by atoms with van der Waals surface area (Å²) in [6.45, 7) is 4.94. The molecule has 0 spiro atoms. The van der Waals surface area contributed by atoms with Crippen LogP contribution in [0.3, 0.4) is 0 Å². The first-order valence-electron chi connectivity index (χ1n) is 7.28. The van der Waals surface area contributed by atoms with Gasteiger partial charge in [-0.25, -0.2) is 13.9 Å². The van der Waals surface area contributed by atoms with Gasteiger partial charge in [0.15, 0.2) is 0 Å². The second-order valence-corrected chi connectivity index (χ2v) is 5.76. The van der Waals surface area contributed by atoms with Gasteiger partial charge in [0.25, 0.3) is 0 Å². The normalized spacial score (nSPS) is 18.1. The van der Waals surface area contributed by atoms with Crippen LogP contribution in [-0.2, 0) is 11.3 Å².